The van der Waals surface area contributed by atoms with Crippen LogP contribution in [-0.2, 0) is 17.3 Å². The van der Waals surface area contributed by atoms with Gasteiger partial charge >= 0.3 is 12.1 Å². The van der Waals surface area contributed by atoms with Gasteiger partial charge in [-0.25, -0.2) is 14.8 Å². The summed E-state index contributed by atoms with van der Waals surface area (Å²) in [7, 11) is 0. The maximum absolute atomic E-state index is 12.9. The van der Waals surface area contributed by atoms with Crippen LogP contribution in [0.5, 0.6) is 0 Å². The Morgan fingerprint density at radius 3 is 2.55 bits per heavy atom. The Labute approximate surface area is 115 Å². The van der Waals surface area contributed by atoms with Gasteiger partial charge in [-0.1, -0.05) is 13.8 Å². The number of alkyl halides is 3. The summed E-state index contributed by atoms with van der Waals surface area (Å²) in [5.74, 6) is -0.646. The second kappa shape index (κ2) is 6.67. The lowest BCUT2D eigenvalue weighted by Gasteiger charge is -2.12. The molecule has 0 aliphatic heterocycles. The number of aromatic nitrogens is 2. The molecule has 0 N–H and O–H groups in total. The zero-order valence-electron chi connectivity index (χ0n) is 11.6. The highest BCUT2D eigenvalue weighted by molar-refractivity contribution is 5.90. The molecule has 0 aromatic carbocycles. The largest absolute Gasteiger partial charge is 0.462 e. The average molecular weight is 290 g/mol. The molecule has 1 rings (SSSR count). The molecule has 0 amide bonds. The standard InChI is InChI=1S/C13H17F3N2O2/c1-4-20-12(19)9-7-17-10(6-5-8(2)3)18-11(9)13(14,15)16/h7-8H,4-6H2,1-3H3. The van der Waals surface area contributed by atoms with Gasteiger partial charge in [0.25, 0.3) is 0 Å². The van der Waals surface area contributed by atoms with Crippen LogP contribution < -0.4 is 0 Å². The van der Waals surface area contributed by atoms with Gasteiger partial charge in [-0.3, -0.25) is 0 Å². The molecule has 1 aromatic heterocycles. The van der Waals surface area contributed by atoms with Crippen LogP contribution in [0.1, 0.15) is 49.1 Å². The first-order chi connectivity index (χ1) is 9.25. The number of aryl methyl sites for hydroxylation is 1. The van der Waals surface area contributed by atoms with Gasteiger partial charge in [0.2, 0.25) is 0 Å². The highest BCUT2D eigenvalue weighted by Gasteiger charge is 2.38. The lowest BCUT2D eigenvalue weighted by molar-refractivity contribution is -0.142. The number of hydrogen-bond donors (Lipinski definition) is 0. The summed E-state index contributed by atoms with van der Waals surface area (Å²) in [6, 6.07) is 0. The minimum atomic E-state index is -4.71. The van der Waals surface area contributed by atoms with Gasteiger partial charge in [0, 0.05) is 12.6 Å². The number of ether oxygens (including phenoxy) is 1. The average Bonchev–Trinajstić information content (AvgIpc) is 2.35. The van der Waals surface area contributed by atoms with E-state index in [9.17, 15) is 18.0 Å². The SMILES string of the molecule is CCOC(=O)c1cnc(CCC(C)C)nc1C(F)(F)F. The van der Waals surface area contributed by atoms with Crippen molar-refractivity contribution in [2.75, 3.05) is 6.61 Å². The Bertz CT molecular complexity index is 473. The van der Waals surface area contributed by atoms with Gasteiger partial charge < -0.3 is 4.74 Å². The van der Waals surface area contributed by atoms with Crippen LogP contribution in [0.3, 0.4) is 0 Å². The van der Waals surface area contributed by atoms with Gasteiger partial charge in [-0.15, -0.1) is 0 Å². The number of carbonyl (C=O) groups excluding carboxylic acids is 1. The lowest BCUT2D eigenvalue weighted by atomic mass is 10.1. The van der Waals surface area contributed by atoms with Crippen molar-refractivity contribution in [2.45, 2.75) is 39.8 Å². The van der Waals surface area contributed by atoms with E-state index in [1.54, 1.807) is 0 Å². The van der Waals surface area contributed by atoms with Crippen molar-refractivity contribution in [3.8, 4) is 0 Å². The van der Waals surface area contributed by atoms with Gasteiger partial charge in [0.05, 0.1) is 6.61 Å². The van der Waals surface area contributed by atoms with Crippen molar-refractivity contribution in [1.82, 2.24) is 9.97 Å². The summed E-state index contributed by atoms with van der Waals surface area (Å²) in [5.41, 5.74) is -1.88. The van der Waals surface area contributed by atoms with E-state index in [4.69, 9.17) is 0 Å². The van der Waals surface area contributed by atoms with Gasteiger partial charge in [0.1, 0.15) is 11.4 Å². The molecule has 112 valence electrons. The maximum Gasteiger partial charge on any atom is 0.434 e. The molecule has 0 saturated heterocycles. The molecule has 0 unspecified atom stereocenters. The Morgan fingerprint density at radius 1 is 1.40 bits per heavy atom. The lowest BCUT2D eigenvalue weighted by Crippen LogP contribution is -2.19. The number of nitrogens with zero attached hydrogens (tertiary/aromatic N) is 2. The Kier molecular flexibility index (Phi) is 5.47. The highest BCUT2D eigenvalue weighted by atomic mass is 19.4. The van der Waals surface area contributed by atoms with E-state index in [1.165, 1.54) is 6.92 Å². The number of hydrogen-bond acceptors (Lipinski definition) is 4. The van der Waals surface area contributed by atoms with E-state index in [2.05, 4.69) is 14.7 Å². The minimum absolute atomic E-state index is 0.00870. The molecule has 0 radical (unpaired) electrons. The fraction of sp³-hybridized carbons (Fsp3) is 0.615. The summed E-state index contributed by atoms with van der Waals surface area (Å²) in [6.45, 7) is 5.42. The predicted octanol–water partition coefficient (Wildman–Crippen LogP) is 3.26. The van der Waals surface area contributed by atoms with Crippen molar-refractivity contribution in [1.29, 1.82) is 0 Å². The summed E-state index contributed by atoms with van der Waals surface area (Å²) >= 11 is 0. The fourth-order valence-electron chi connectivity index (χ4n) is 1.53. The van der Waals surface area contributed by atoms with Gasteiger partial charge in [0.15, 0.2) is 5.69 Å². The summed E-state index contributed by atoms with van der Waals surface area (Å²) in [5, 5.41) is 0. The second-order valence-corrected chi connectivity index (χ2v) is 4.70. The van der Waals surface area contributed by atoms with Crippen molar-refractivity contribution >= 4 is 5.97 Å². The molecule has 0 aliphatic rings. The van der Waals surface area contributed by atoms with E-state index in [-0.39, 0.29) is 12.4 Å². The third-order valence-electron chi connectivity index (χ3n) is 2.55. The Hall–Kier alpha value is -1.66. The van der Waals surface area contributed by atoms with E-state index in [0.717, 1.165) is 6.20 Å². The molecule has 7 heteroatoms. The molecular formula is C13H17F3N2O2. The molecule has 0 bridgehead atoms. The van der Waals surface area contributed by atoms with Crippen molar-refractivity contribution < 1.29 is 22.7 Å². The molecule has 0 spiro atoms. The quantitative estimate of drug-likeness (QED) is 0.781. The number of carbonyl (C=O) groups is 1. The summed E-state index contributed by atoms with van der Waals surface area (Å²) < 4.78 is 43.4. The van der Waals surface area contributed by atoms with Crippen molar-refractivity contribution in [3.63, 3.8) is 0 Å². The zero-order valence-corrected chi connectivity index (χ0v) is 11.6. The van der Waals surface area contributed by atoms with Crippen LogP contribution in [0, 0.1) is 5.92 Å². The van der Waals surface area contributed by atoms with Crippen molar-refractivity contribution in [3.05, 3.63) is 23.3 Å². The molecule has 1 heterocycles. The van der Waals surface area contributed by atoms with Crippen LogP contribution in [0.4, 0.5) is 13.2 Å². The topological polar surface area (TPSA) is 52.1 Å². The molecular weight excluding hydrogens is 273 g/mol. The molecule has 0 fully saturated rings. The van der Waals surface area contributed by atoms with Crippen LogP contribution in [0.25, 0.3) is 0 Å². The van der Waals surface area contributed by atoms with E-state index in [1.807, 2.05) is 13.8 Å². The van der Waals surface area contributed by atoms with Crippen LogP contribution in [-0.4, -0.2) is 22.5 Å². The first-order valence-corrected chi connectivity index (χ1v) is 6.36. The molecule has 20 heavy (non-hydrogen) atoms. The molecule has 0 saturated carbocycles. The third kappa shape index (κ3) is 4.47. The van der Waals surface area contributed by atoms with E-state index >= 15 is 0 Å². The minimum Gasteiger partial charge on any atom is -0.462 e. The van der Waals surface area contributed by atoms with Gasteiger partial charge in [-0.05, 0) is 19.3 Å². The Morgan fingerprint density at radius 2 is 2.05 bits per heavy atom. The maximum atomic E-state index is 12.9. The summed E-state index contributed by atoms with van der Waals surface area (Å²) in [4.78, 5) is 18.8. The smallest absolute Gasteiger partial charge is 0.434 e. The fourth-order valence-corrected chi connectivity index (χ4v) is 1.53. The predicted molar refractivity (Wildman–Crippen MR) is 66.1 cm³/mol. The molecule has 1 aromatic rings. The molecule has 0 atom stereocenters. The normalized spacial score (nSPS) is 11.8. The molecule has 0 aliphatic carbocycles. The number of halogens is 3. The number of esters is 1. The van der Waals surface area contributed by atoms with Gasteiger partial charge in [-0.2, -0.15) is 13.2 Å². The highest BCUT2D eigenvalue weighted by Crippen LogP contribution is 2.30. The van der Waals surface area contributed by atoms with E-state index < -0.39 is 23.4 Å². The third-order valence-corrected chi connectivity index (χ3v) is 2.55. The van der Waals surface area contributed by atoms with Crippen LogP contribution >= 0.6 is 0 Å². The first-order valence-electron chi connectivity index (χ1n) is 6.36. The summed E-state index contributed by atoms with van der Waals surface area (Å²) in [6.07, 6.45) is -2.80. The first kappa shape index (κ1) is 16.4. The number of rotatable bonds is 5. The molecule has 4 nitrogen and oxygen atoms in total. The van der Waals surface area contributed by atoms with E-state index in [0.29, 0.717) is 18.8 Å². The Balaban J connectivity index is 3.10. The zero-order chi connectivity index (χ0) is 15.3. The van der Waals surface area contributed by atoms with Crippen molar-refractivity contribution in [2.24, 2.45) is 5.92 Å². The van der Waals surface area contributed by atoms with Crippen LogP contribution in [0.2, 0.25) is 0 Å². The second-order valence-electron chi connectivity index (χ2n) is 4.70. The van der Waals surface area contributed by atoms with Crippen LogP contribution in [0.15, 0.2) is 6.20 Å². The monoisotopic (exact) mass is 290 g/mol.